The maximum absolute atomic E-state index is 9.72. The average Bonchev–Trinajstić information content (AvgIpc) is 2.36. The maximum atomic E-state index is 9.72. The first-order chi connectivity index (χ1) is 4.75. The smallest absolute Gasteiger partial charge is 0.160 e. The molecule has 0 aromatic rings. The molecule has 1 N–H and O–H groups in total. The lowest BCUT2D eigenvalue weighted by molar-refractivity contribution is 0.150. The number of halogens is 3. The first-order valence-electron chi connectivity index (χ1n) is 3.50. The van der Waals surface area contributed by atoms with Crippen molar-refractivity contribution in [3.05, 3.63) is 0 Å². The van der Waals surface area contributed by atoms with E-state index in [1.165, 1.54) is 0 Å². The summed E-state index contributed by atoms with van der Waals surface area (Å²) < 4.78 is -0.508. The van der Waals surface area contributed by atoms with Crippen molar-refractivity contribution in [1.29, 1.82) is 0 Å². The molecule has 4 heteroatoms. The lowest BCUT2D eigenvalue weighted by atomic mass is 10.1. The highest BCUT2D eigenvalue weighted by molar-refractivity contribution is 9.39. The number of hydrogen-bond donors (Lipinski definition) is 1. The topological polar surface area (TPSA) is 20.2 Å². The molecule has 1 nitrogen and oxygen atoms in total. The maximum Gasteiger partial charge on any atom is 0.160 e. The standard InChI is InChI=1S/C7H11Br3O/c1-6(2)3-4(6)5(11)7(8,9)10/h4-5,11H,3H2,1-2H3. The Morgan fingerprint density at radius 2 is 1.82 bits per heavy atom. The second-order valence-electron chi connectivity index (χ2n) is 3.79. The molecule has 66 valence electrons. The highest BCUT2D eigenvalue weighted by Gasteiger charge is 2.54. The van der Waals surface area contributed by atoms with Crippen molar-refractivity contribution >= 4 is 47.8 Å². The van der Waals surface area contributed by atoms with E-state index >= 15 is 0 Å². The lowest BCUT2D eigenvalue weighted by Crippen LogP contribution is -2.27. The van der Waals surface area contributed by atoms with Gasteiger partial charge in [-0.05, 0) is 17.8 Å². The number of aliphatic hydroxyl groups is 1. The van der Waals surface area contributed by atoms with Crippen LogP contribution >= 0.6 is 47.8 Å². The first-order valence-corrected chi connectivity index (χ1v) is 5.88. The van der Waals surface area contributed by atoms with Gasteiger partial charge in [0.15, 0.2) is 2.14 Å². The summed E-state index contributed by atoms with van der Waals surface area (Å²) in [5.41, 5.74) is 0.306. The van der Waals surface area contributed by atoms with Gasteiger partial charge in [0.25, 0.3) is 0 Å². The Kier molecular flexibility index (Phi) is 2.82. The van der Waals surface area contributed by atoms with Crippen molar-refractivity contribution in [2.24, 2.45) is 11.3 Å². The molecule has 0 saturated heterocycles. The molecule has 0 aliphatic heterocycles. The minimum atomic E-state index is -0.508. The number of alkyl halides is 3. The molecule has 1 rings (SSSR count). The lowest BCUT2D eigenvalue weighted by Gasteiger charge is -2.21. The number of aliphatic hydroxyl groups excluding tert-OH is 1. The van der Waals surface area contributed by atoms with E-state index in [1.807, 2.05) is 0 Å². The van der Waals surface area contributed by atoms with Gasteiger partial charge in [0.2, 0.25) is 0 Å². The molecule has 11 heavy (non-hydrogen) atoms. The van der Waals surface area contributed by atoms with Crippen LogP contribution in [0.2, 0.25) is 0 Å². The van der Waals surface area contributed by atoms with Gasteiger partial charge < -0.3 is 5.11 Å². The van der Waals surface area contributed by atoms with Gasteiger partial charge in [-0.3, -0.25) is 0 Å². The fourth-order valence-electron chi connectivity index (χ4n) is 1.27. The normalized spacial score (nSPS) is 31.6. The summed E-state index contributed by atoms with van der Waals surface area (Å²) in [6.07, 6.45) is 0.719. The van der Waals surface area contributed by atoms with Gasteiger partial charge in [-0.2, -0.15) is 0 Å². The number of rotatable bonds is 1. The van der Waals surface area contributed by atoms with E-state index in [4.69, 9.17) is 0 Å². The summed E-state index contributed by atoms with van der Waals surface area (Å²) in [7, 11) is 0. The summed E-state index contributed by atoms with van der Waals surface area (Å²) in [6.45, 7) is 4.33. The summed E-state index contributed by atoms with van der Waals surface area (Å²) >= 11 is 9.96. The molecule has 1 saturated carbocycles. The van der Waals surface area contributed by atoms with E-state index in [0.717, 1.165) is 6.42 Å². The van der Waals surface area contributed by atoms with E-state index in [1.54, 1.807) is 0 Å². The Morgan fingerprint density at radius 1 is 1.45 bits per heavy atom. The molecule has 0 aromatic heterocycles. The molecule has 0 bridgehead atoms. The summed E-state index contributed by atoms with van der Waals surface area (Å²) in [5.74, 6) is 0.389. The van der Waals surface area contributed by atoms with Crippen LogP contribution in [0.3, 0.4) is 0 Å². The van der Waals surface area contributed by atoms with Crippen LogP contribution in [0.25, 0.3) is 0 Å². The molecular formula is C7H11Br3O. The van der Waals surface area contributed by atoms with E-state index in [0.29, 0.717) is 11.3 Å². The minimum Gasteiger partial charge on any atom is -0.390 e. The Morgan fingerprint density at radius 3 is 1.91 bits per heavy atom. The third-order valence-corrected chi connectivity index (χ3v) is 3.71. The van der Waals surface area contributed by atoms with Gasteiger partial charge in [-0.15, -0.1) is 0 Å². The fourth-order valence-corrected chi connectivity index (χ4v) is 2.23. The van der Waals surface area contributed by atoms with Crippen LogP contribution in [0, 0.1) is 11.3 Å². The Balaban J connectivity index is 2.52. The monoisotopic (exact) mass is 348 g/mol. The largest absolute Gasteiger partial charge is 0.390 e. The molecule has 0 spiro atoms. The second kappa shape index (κ2) is 2.96. The van der Waals surface area contributed by atoms with E-state index in [9.17, 15) is 5.11 Å². The van der Waals surface area contributed by atoms with Crippen LogP contribution < -0.4 is 0 Å². The highest BCUT2D eigenvalue weighted by atomic mass is 80.0. The fraction of sp³-hybridized carbons (Fsp3) is 1.00. The van der Waals surface area contributed by atoms with Crippen LogP contribution in [0.1, 0.15) is 20.3 Å². The molecular weight excluding hydrogens is 340 g/mol. The Bertz CT molecular complexity index is 162. The SMILES string of the molecule is CC1(C)CC1C(O)C(Br)(Br)Br. The summed E-state index contributed by atoms with van der Waals surface area (Å²) in [5, 5.41) is 9.72. The van der Waals surface area contributed by atoms with Gasteiger partial charge in [0, 0.05) is 0 Å². The van der Waals surface area contributed by atoms with Crippen molar-refractivity contribution in [2.75, 3.05) is 0 Å². The van der Waals surface area contributed by atoms with Gasteiger partial charge in [0.05, 0.1) is 6.10 Å². The molecule has 2 atom stereocenters. The quantitative estimate of drug-likeness (QED) is 0.720. The second-order valence-corrected chi connectivity index (χ2v) is 10.7. The molecule has 0 heterocycles. The molecule has 2 unspecified atom stereocenters. The predicted molar refractivity (Wildman–Crippen MR) is 57.4 cm³/mol. The van der Waals surface area contributed by atoms with E-state index in [2.05, 4.69) is 61.6 Å². The Hall–Kier alpha value is 1.40. The predicted octanol–water partition coefficient (Wildman–Crippen LogP) is 3.23. The van der Waals surface area contributed by atoms with Crippen LogP contribution in [0.5, 0.6) is 0 Å². The molecule has 0 aromatic carbocycles. The highest BCUT2D eigenvalue weighted by Crippen LogP contribution is 2.58. The van der Waals surface area contributed by atoms with Crippen molar-refractivity contribution < 1.29 is 5.11 Å². The number of hydrogen-bond acceptors (Lipinski definition) is 1. The Labute approximate surface area is 92.3 Å². The summed E-state index contributed by atoms with van der Waals surface area (Å²) in [4.78, 5) is 0. The molecule has 0 amide bonds. The zero-order valence-electron chi connectivity index (χ0n) is 6.44. The van der Waals surface area contributed by atoms with Crippen molar-refractivity contribution in [3.8, 4) is 0 Å². The van der Waals surface area contributed by atoms with Gasteiger partial charge in [0.1, 0.15) is 0 Å². The minimum absolute atomic E-state index is 0.306. The average molecular weight is 351 g/mol. The van der Waals surface area contributed by atoms with Crippen LogP contribution in [-0.2, 0) is 0 Å². The molecule has 1 fully saturated rings. The first kappa shape index (κ1) is 10.5. The van der Waals surface area contributed by atoms with E-state index in [-0.39, 0.29) is 6.10 Å². The third-order valence-electron chi connectivity index (χ3n) is 2.31. The summed E-state index contributed by atoms with van der Waals surface area (Å²) in [6, 6.07) is 0. The van der Waals surface area contributed by atoms with Crippen LogP contribution in [-0.4, -0.2) is 13.4 Å². The van der Waals surface area contributed by atoms with Gasteiger partial charge in [-0.1, -0.05) is 61.6 Å². The van der Waals surface area contributed by atoms with Crippen LogP contribution in [0.4, 0.5) is 0 Å². The van der Waals surface area contributed by atoms with Crippen molar-refractivity contribution in [2.45, 2.75) is 28.5 Å². The van der Waals surface area contributed by atoms with Crippen LogP contribution in [0.15, 0.2) is 0 Å². The zero-order valence-corrected chi connectivity index (χ0v) is 11.2. The van der Waals surface area contributed by atoms with Gasteiger partial charge in [-0.25, -0.2) is 0 Å². The van der Waals surface area contributed by atoms with E-state index < -0.39 is 2.14 Å². The van der Waals surface area contributed by atoms with Crippen molar-refractivity contribution in [3.63, 3.8) is 0 Å². The zero-order chi connectivity index (χ0) is 8.86. The third kappa shape index (κ3) is 2.42. The molecule has 0 radical (unpaired) electrons. The van der Waals surface area contributed by atoms with Crippen molar-refractivity contribution in [1.82, 2.24) is 0 Å². The van der Waals surface area contributed by atoms with Gasteiger partial charge >= 0.3 is 0 Å². The molecule has 1 aliphatic carbocycles. The molecule has 1 aliphatic rings.